The zero-order valence-corrected chi connectivity index (χ0v) is 15.7. The number of ether oxygens (including phenoxy) is 1. The van der Waals surface area contributed by atoms with Gasteiger partial charge in [-0.05, 0) is 55.3 Å². The van der Waals surface area contributed by atoms with Crippen molar-refractivity contribution in [1.29, 1.82) is 0 Å². The number of benzene rings is 2. The predicted molar refractivity (Wildman–Crippen MR) is 113 cm³/mol. The Balaban J connectivity index is 1.58. The number of para-hydroxylation sites is 1. The van der Waals surface area contributed by atoms with Gasteiger partial charge < -0.3 is 16.2 Å². The Morgan fingerprint density at radius 3 is 2.34 bits per heavy atom. The lowest BCUT2D eigenvalue weighted by molar-refractivity contribution is 0.266. The van der Waals surface area contributed by atoms with E-state index in [1.54, 1.807) is 15.3 Å². The van der Waals surface area contributed by atoms with Gasteiger partial charge in [0, 0.05) is 18.3 Å². The average Bonchev–Trinajstić information content (AvgIpc) is 3.00. The maximum Gasteiger partial charge on any atom is 0.334 e. The fourth-order valence-electron chi connectivity index (χ4n) is 3.91. The van der Waals surface area contributed by atoms with E-state index in [9.17, 15) is 4.79 Å². The third kappa shape index (κ3) is 2.96. The predicted octanol–water partition coefficient (Wildman–Crippen LogP) is 3.22. The summed E-state index contributed by atoms with van der Waals surface area (Å²) in [5, 5.41) is 0. The summed E-state index contributed by atoms with van der Waals surface area (Å²) in [7, 11) is 0. The Kier molecular flexibility index (Phi) is 4.10. The van der Waals surface area contributed by atoms with Crippen LogP contribution in [0.1, 0.15) is 18.9 Å². The number of hydrogen-bond acceptors (Lipinski definition) is 5. The van der Waals surface area contributed by atoms with Crippen LogP contribution in [0.2, 0.25) is 0 Å². The van der Waals surface area contributed by atoms with Gasteiger partial charge in [0.1, 0.15) is 22.8 Å². The molecule has 0 unspecified atom stereocenters. The number of rotatable bonds is 4. The van der Waals surface area contributed by atoms with Crippen molar-refractivity contribution < 1.29 is 4.74 Å². The highest BCUT2D eigenvalue weighted by atomic mass is 16.5. The number of aromatic nitrogens is 3. The van der Waals surface area contributed by atoms with E-state index in [4.69, 9.17) is 16.2 Å². The highest BCUT2D eigenvalue weighted by molar-refractivity contribution is 5.87. The average molecular weight is 387 g/mol. The number of hydrogen-bond donors (Lipinski definition) is 2. The van der Waals surface area contributed by atoms with Gasteiger partial charge in [0.05, 0.1) is 11.2 Å². The van der Waals surface area contributed by atoms with E-state index in [0.29, 0.717) is 22.8 Å². The summed E-state index contributed by atoms with van der Waals surface area (Å²) in [6.45, 7) is 0. The molecule has 29 heavy (non-hydrogen) atoms. The normalized spacial score (nSPS) is 18.5. The van der Waals surface area contributed by atoms with Crippen molar-refractivity contribution in [3.8, 4) is 17.2 Å². The summed E-state index contributed by atoms with van der Waals surface area (Å²) in [6, 6.07) is 19.0. The quantitative estimate of drug-likeness (QED) is 0.560. The van der Waals surface area contributed by atoms with Crippen LogP contribution in [0.15, 0.2) is 71.7 Å². The molecule has 4 N–H and O–H groups in total. The fraction of sp³-hybridized carbons (Fsp3) is 0.182. The second kappa shape index (κ2) is 6.79. The summed E-state index contributed by atoms with van der Waals surface area (Å²) in [5.41, 5.74) is 14.1. The van der Waals surface area contributed by atoms with Gasteiger partial charge in [0.25, 0.3) is 0 Å². The number of anilines is 1. The van der Waals surface area contributed by atoms with Crippen LogP contribution in [0.25, 0.3) is 16.7 Å². The van der Waals surface area contributed by atoms with Crippen molar-refractivity contribution >= 4 is 16.9 Å². The van der Waals surface area contributed by atoms with Gasteiger partial charge in [-0.15, -0.1) is 0 Å². The third-order valence-electron chi connectivity index (χ3n) is 5.40. The minimum Gasteiger partial charge on any atom is -0.457 e. The number of imidazole rings is 1. The molecule has 7 heteroatoms. The molecule has 0 spiro atoms. The van der Waals surface area contributed by atoms with Crippen LogP contribution in [0, 0.1) is 0 Å². The molecule has 2 aromatic carbocycles. The largest absolute Gasteiger partial charge is 0.457 e. The second-order valence-corrected chi connectivity index (χ2v) is 7.35. The van der Waals surface area contributed by atoms with Crippen LogP contribution in [0.4, 0.5) is 5.82 Å². The van der Waals surface area contributed by atoms with Crippen molar-refractivity contribution in [3.05, 3.63) is 77.3 Å². The van der Waals surface area contributed by atoms with Crippen molar-refractivity contribution in [1.82, 2.24) is 14.1 Å². The van der Waals surface area contributed by atoms with Gasteiger partial charge >= 0.3 is 5.69 Å². The lowest BCUT2D eigenvalue weighted by Gasteiger charge is -2.33. The number of nitrogens with two attached hydrogens (primary N) is 2. The monoisotopic (exact) mass is 387 g/mol. The Labute approximate surface area is 167 Å². The smallest absolute Gasteiger partial charge is 0.334 e. The van der Waals surface area contributed by atoms with E-state index >= 15 is 0 Å². The van der Waals surface area contributed by atoms with Crippen molar-refractivity contribution in [2.75, 3.05) is 5.73 Å². The van der Waals surface area contributed by atoms with Gasteiger partial charge in [-0.2, -0.15) is 0 Å². The first-order valence-corrected chi connectivity index (χ1v) is 9.58. The summed E-state index contributed by atoms with van der Waals surface area (Å²) in [5.74, 6) is 1.77. The Hall–Kier alpha value is -3.58. The fourth-order valence-corrected chi connectivity index (χ4v) is 3.91. The summed E-state index contributed by atoms with van der Waals surface area (Å²) < 4.78 is 9.26. The molecule has 2 heterocycles. The van der Waals surface area contributed by atoms with Gasteiger partial charge in [-0.25, -0.2) is 9.78 Å². The van der Waals surface area contributed by atoms with E-state index in [0.717, 1.165) is 24.1 Å². The molecule has 1 saturated carbocycles. The molecule has 4 aromatic rings. The highest BCUT2D eigenvalue weighted by Gasteiger charge is 2.31. The summed E-state index contributed by atoms with van der Waals surface area (Å²) in [4.78, 5) is 17.5. The van der Waals surface area contributed by atoms with Gasteiger partial charge in [-0.1, -0.05) is 18.2 Å². The van der Waals surface area contributed by atoms with E-state index in [2.05, 4.69) is 4.98 Å². The van der Waals surface area contributed by atoms with Gasteiger partial charge in [0.15, 0.2) is 0 Å². The van der Waals surface area contributed by atoms with Crippen LogP contribution in [0.3, 0.4) is 0 Å². The zero-order valence-electron chi connectivity index (χ0n) is 15.7. The lowest BCUT2D eigenvalue weighted by Crippen LogP contribution is -2.41. The molecule has 2 aromatic heterocycles. The summed E-state index contributed by atoms with van der Waals surface area (Å²) >= 11 is 0. The van der Waals surface area contributed by atoms with Crippen LogP contribution in [-0.2, 0) is 0 Å². The molecule has 1 aliphatic rings. The van der Waals surface area contributed by atoms with E-state index in [1.807, 2.05) is 60.7 Å². The number of nitrogen functional groups attached to an aromatic ring is 1. The minimum atomic E-state index is -0.131. The van der Waals surface area contributed by atoms with E-state index in [1.165, 1.54) is 0 Å². The molecule has 146 valence electrons. The standard InChI is InChI=1S/C22H21N5O2/c23-14-12-16(13-14)26-19-10-11-25-21(24)20(19)27(22(26)28)15-6-8-18(9-7-15)29-17-4-2-1-3-5-17/h1-11,14,16H,12-13,23H2,(H2,24,25). The topological polar surface area (TPSA) is 101 Å². The van der Waals surface area contributed by atoms with E-state index in [-0.39, 0.29) is 17.8 Å². The van der Waals surface area contributed by atoms with Crippen LogP contribution in [0.5, 0.6) is 11.5 Å². The van der Waals surface area contributed by atoms with Crippen molar-refractivity contribution in [3.63, 3.8) is 0 Å². The number of pyridine rings is 1. The molecule has 1 fully saturated rings. The van der Waals surface area contributed by atoms with Crippen molar-refractivity contribution in [2.24, 2.45) is 5.73 Å². The van der Waals surface area contributed by atoms with Crippen LogP contribution < -0.4 is 21.9 Å². The maximum atomic E-state index is 13.3. The molecule has 5 rings (SSSR count). The molecule has 0 radical (unpaired) electrons. The first-order chi connectivity index (χ1) is 14.1. The van der Waals surface area contributed by atoms with Crippen LogP contribution in [-0.4, -0.2) is 20.2 Å². The number of nitrogens with zero attached hydrogens (tertiary/aromatic N) is 3. The number of fused-ring (bicyclic) bond motifs is 1. The Morgan fingerprint density at radius 1 is 0.966 bits per heavy atom. The Morgan fingerprint density at radius 2 is 1.66 bits per heavy atom. The maximum absolute atomic E-state index is 13.3. The first-order valence-electron chi connectivity index (χ1n) is 9.58. The van der Waals surface area contributed by atoms with Crippen molar-refractivity contribution in [2.45, 2.75) is 24.9 Å². The van der Waals surface area contributed by atoms with E-state index < -0.39 is 0 Å². The van der Waals surface area contributed by atoms with Gasteiger partial charge in [0.2, 0.25) is 0 Å². The molecular formula is C22H21N5O2. The molecule has 7 nitrogen and oxygen atoms in total. The molecule has 0 bridgehead atoms. The molecular weight excluding hydrogens is 366 g/mol. The molecule has 0 saturated heterocycles. The third-order valence-corrected chi connectivity index (χ3v) is 5.40. The Bertz CT molecular complexity index is 1220. The molecule has 1 aliphatic carbocycles. The summed E-state index contributed by atoms with van der Waals surface area (Å²) in [6.07, 6.45) is 3.20. The van der Waals surface area contributed by atoms with Crippen LogP contribution >= 0.6 is 0 Å². The SMILES string of the molecule is Nc1nccc2c1n(-c1ccc(Oc3ccccc3)cc1)c(=O)n2C1CC(N)C1. The molecule has 0 atom stereocenters. The molecule has 0 aliphatic heterocycles. The minimum absolute atomic E-state index is 0.0868. The second-order valence-electron chi connectivity index (χ2n) is 7.35. The highest BCUT2D eigenvalue weighted by Crippen LogP contribution is 2.34. The molecule has 0 amide bonds. The first kappa shape index (κ1) is 17.5. The van der Waals surface area contributed by atoms with Gasteiger partial charge in [-0.3, -0.25) is 9.13 Å². The lowest BCUT2D eigenvalue weighted by atomic mass is 9.87. The zero-order chi connectivity index (χ0) is 20.0.